The summed E-state index contributed by atoms with van der Waals surface area (Å²) in [5.74, 6) is -0.443. The number of carbonyl (C=O) groups is 3. The van der Waals surface area contributed by atoms with Crippen LogP contribution in [-0.2, 0) is 0 Å². The highest BCUT2D eigenvalue weighted by Crippen LogP contribution is 2.31. The highest BCUT2D eigenvalue weighted by Gasteiger charge is 2.36. The third-order valence-electron chi connectivity index (χ3n) is 5.05. The molecule has 0 radical (unpaired) electrons. The quantitative estimate of drug-likeness (QED) is 0.450. The third kappa shape index (κ3) is 3.40. The molecule has 0 saturated heterocycles. The van der Waals surface area contributed by atoms with Crippen LogP contribution in [-0.4, -0.2) is 29.3 Å². The maximum Gasteiger partial charge on any atom is 0.266 e. The molecule has 0 atom stereocenters. The Morgan fingerprint density at radius 2 is 1.75 bits per heavy atom. The molecule has 0 spiro atoms. The average Bonchev–Trinajstić information content (AvgIpc) is 3.31. The zero-order chi connectivity index (χ0) is 22.2. The van der Waals surface area contributed by atoms with Crippen LogP contribution in [0.4, 0.5) is 10.8 Å². The number of anilines is 2. The van der Waals surface area contributed by atoms with E-state index in [4.69, 9.17) is 4.74 Å². The summed E-state index contributed by atoms with van der Waals surface area (Å²) in [5, 5.41) is 3.24. The Balaban J connectivity index is 1.39. The molecule has 5 rings (SSSR count). The summed E-state index contributed by atoms with van der Waals surface area (Å²) in [6.45, 7) is 2.48. The molecule has 0 saturated carbocycles. The zero-order valence-corrected chi connectivity index (χ0v) is 17.8. The van der Waals surface area contributed by atoms with E-state index in [9.17, 15) is 14.4 Å². The number of thiazole rings is 1. The summed E-state index contributed by atoms with van der Waals surface area (Å²) in [4.78, 5) is 43.9. The van der Waals surface area contributed by atoms with Crippen LogP contribution in [0.5, 0.6) is 5.75 Å². The van der Waals surface area contributed by atoms with E-state index >= 15 is 0 Å². The van der Waals surface area contributed by atoms with E-state index in [1.165, 1.54) is 17.4 Å². The minimum absolute atomic E-state index is 0.313. The number of carbonyl (C=O) groups excluding carboxylic acids is 3. The number of ether oxygens (including phenoxy) is 1. The first kappa shape index (κ1) is 19.9. The van der Waals surface area contributed by atoms with Crippen LogP contribution < -0.4 is 15.0 Å². The van der Waals surface area contributed by atoms with Crippen molar-refractivity contribution in [2.75, 3.05) is 16.8 Å². The van der Waals surface area contributed by atoms with Gasteiger partial charge in [0.15, 0.2) is 5.13 Å². The van der Waals surface area contributed by atoms with E-state index in [-0.39, 0.29) is 5.91 Å². The highest BCUT2D eigenvalue weighted by molar-refractivity contribution is 7.22. The van der Waals surface area contributed by atoms with E-state index in [0.717, 1.165) is 20.9 Å². The van der Waals surface area contributed by atoms with Crippen molar-refractivity contribution in [1.82, 2.24) is 4.98 Å². The monoisotopic (exact) mass is 443 g/mol. The number of fused-ring (bicyclic) bond motifs is 2. The van der Waals surface area contributed by atoms with E-state index in [2.05, 4.69) is 10.3 Å². The van der Waals surface area contributed by atoms with Crippen molar-refractivity contribution in [1.29, 1.82) is 0 Å². The van der Waals surface area contributed by atoms with Crippen molar-refractivity contribution in [3.63, 3.8) is 0 Å². The molecule has 7 nitrogen and oxygen atoms in total. The van der Waals surface area contributed by atoms with E-state index in [1.807, 2.05) is 25.1 Å². The van der Waals surface area contributed by atoms with Crippen molar-refractivity contribution in [3.05, 3.63) is 83.4 Å². The third-order valence-corrected chi connectivity index (χ3v) is 5.99. The molecule has 8 heteroatoms. The summed E-state index contributed by atoms with van der Waals surface area (Å²) in [7, 11) is 0. The number of amides is 3. The molecule has 0 aliphatic carbocycles. The van der Waals surface area contributed by atoms with Crippen LogP contribution in [0.15, 0.2) is 66.7 Å². The molecule has 32 heavy (non-hydrogen) atoms. The second-order valence-electron chi connectivity index (χ2n) is 7.08. The molecule has 2 heterocycles. The second-order valence-corrected chi connectivity index (χ2v) is 8.11. The molecule has 0 bridgehead atoms. The molecule has 1 N–H and O–H groups in total. The molecule has 1 aromatic heterocycles. The first-order chi connectivity index (χ1) is 15.5. The van der Waals surface area contributed by atoms with Crippen LogP contribution in [0.25, 0.3) is 10.2 Å². The van der Waals surface area contributed by atoms with E-state index in [0.29, 0.717) is 34.1 Å². The maximum atomic E-state index is 12.9. The normalized spacial score (nSPS) is 12.8. The fourth-order valence-electron chi connectivity index (χ4n) is 3.59. The Kier molecular flexibility index (Phi) is 4.91. The van der Waals surface area contributed by atoms with Crippen LogP contribution in [0.1, 0.15) is 38.0 Å². The van der Waals surface area contributed by atoms with Crippen molar-refractivity contribution < 1.29 is 19.1 Å². The lowest BCUT2D eigenvalue weighted by atomic mass is 10.1. The van der Waals surface area contributed by atoms with Gasteiger partial charge in [0.25, 0.3) is 17.7 Å². The maximum absolute atomic E-state index is 12.9. The second kappa shape index (κ2) is 7.90. The van der Waals surface area contributed by atoms with Gasteiger partial charge in [-0.1, -0.05) is 29.5 Å². The minimum atomic E-state index is -0.403. The predicted octanol–water partition coefficient (Wildman–Crippen LogP) is 4.75. The number of benzene rings is 3. The van der Waals surface area contributed by atoms with Gasteiger partial charge in [-0.05, 0) is 55.5 Å². The fraction of sp³-hybridized carbons (Fsp3) is 0.0833. The number of hydrogen-bond donors (Lipinski definition) is 1. The highest BCUT2D eigenvalue weighted by atomic mass is 32.1. The number of rotatable bonds is 5. The summed E-state index contributed by atoms with van der Waals surface area (Å²) in [6, 6.07) is 18.7. The van der Waals surface area contributed by atoms with E-state index < -0.39 is 11.8 Å². The topological polar surface area (TPSA) is 88.6 Å². The van der Waals surface area contributed by atoms with Gasteiger partial charge in [-0.25, -0.2) is 9.88 Å². The van der Waals surface area contributed by atoms with Gasteiger partial charge in [-0.2, -0.15) is 0 Å². The lowest BCUT2D eigenvalue weighted by molar-refractivity contribution is 0.0924. The van der Waals surface area contributed by atoms with Crippen LogP contribution in [0, 0.1) is 0 Å². The van der Waals surface area contributed by atoms with Crippen LogP contribution in [0.2, 0.25) is 0 Å². The van der Waals surface area contributed by atoms with Gasteiger partial charge in [0.05, 0.1) is 33.6 Å². The summed E-state index contributed by atoms with van der Waals surface area (Å²) < 4.78 is 6.40. The van der Waals surface area contributed by atoms with Gasteiger partial charge < -0.3 is 4.74 Å². The average molecular weight is 443 g/mol. The Labute approximate surface area is 187 Å². The Hall–Kier alpha value is -4.04. The number of aromatic nitrogens is 1. The van der Waals surface area contributed by atoms with Gasteiger partial charge >= 0.3 is 0 Å². The number of hydrogen-bond acceptors (Lipinski definition) is 6. The van der Waals surface area contributed by atoms with Gasteiger partial charge in [-0.15, -0.1) is 0 Å². The number of nitrogens with one attached hydrogen (secondary N) is 1. The summed E-state index contributed by atoms with van der Waals surface area (Å²) in [5.41, 5.74) is 2.12. The summed E-state index contributed by atoms with van der Waals surface area (Å²) in [6.07, 6.45) is 0. The molecule has 0 fully saturated rings. The van der Waals surface area contributed by atoms with Crippen molar-refractivity contribution in [2.24, 2.45) is 0 Å². The molecule has 4 aromatic rings. The van der Waals surface area contributed by atoms with Crippen molar-refractivity contribution in [2.45, 2.75) is 6.92 Å². The molecule has 3 amide bonds. The van der Waals surface area contributed by atoms with Crippen molar-refractivity contribution >= 4 is 50.1 Å². The number of nitrogens with zero attached hydrogens (tertiary/aromatic N) is 2. The summed E-state index contributed by atoms with van der Waals surface area (Å²) >= 11 is 1.34. The van der Waals surface area contributed by atoms with Crippen molar-refractivity contribution in [3.8, 4) is 5.75 Å². The van der Waals surface area contributed by atoms with Gasteiger partial charge in [0, 0.05) is 5.56 Å². The lowest BCUT2D eigenvalue weighted by Gasteiger charge is -2.14. The van der Waals surface area contributed by atoms with E-state index in [1.54, 1.807) is 42.5 Å². The molecule has 3 aromatic carbocycles. The van der Waals surface area contributed by atoms with Crippen LogP contribution in [0.3, 0.4) is 0 Å². The fourth-order valence-corrected chi connectivity index (χ4v) is 4.48. The Bertz CT molecular complexity index is 1360. The standard InChI is InChI=1S/C24H17N3O4S/c1-2-31-16-10-11-19-20(13-16)32-24(25-19)26-21(28)14-6-5-7-15(12-14)27-22(29)17-8-3-4-9-18(17)23(27)30/h3-13H,2H2,1H3,(H,25,26,28). The predicted molar refractivity (Wildman–Crippen MR) is 123 cm³/mol. The zero-order valence-electron chi connectivity index (χ0n) is 17.0. The largest absolute Gasteiger partial charge is 0.494 e. The molecule has 1 aliphatic rings. The van der Waals surface area contributed by atoms with Gasteiger partial charge in [0.2, 0.25) is 0 Å². The molecule has 158 valence electrons. The SMILES string of the molecule is CCOc1ccc2nc(NC(=O)c3cccc(N4C(=O)c5ccccc5C4=O)c3)sc2c1. The molecule has 1 aliphatic heterocycles. The smallest absolute Gasteiger partial charge is 0.266 e. The minimum Gasteiger partial charge on any atom is -0.494 e. The Morgan fingerprint density at radius 1 is 1.00 bits per heavy atom. The first-order valence-corrected chi connectivity index (χ1v) is 10.8. The van der Waals surface area contributed by atoms with Gasteiger partial charge in [-0.3, -0.25) is 19.7 Å². The number of imide groups is 1. The molecule has 0 unspecified atom stereocenters. The lowest BCUT2D eigenvalue weighted by Crippen LogP contribution is -2.29. The van der Waals surface area contributed by atoms with Gasteiger partial charge in [0.1, 0.15) is 5.75 Å². The Morgan fingerprint density at radius 3 is 2.47 bits per heavy atom. The van der Waals surface area contributed by atoms with Crippen LogP contribution >= 0.6 is 11.3 Å². The molecular weight excluding hydrogens is 426 g/mol. The molecular formula is C24H17N3O4S. The first-order valence-electron chi connectivity index (χ1n) is 9.98.